The first-order valence-corrected chi connectivity index (χ1v) is 10.4. The molecule has 4 unspecified atom stereocenters. The molecule has 31 heavy (non-hydrogen) atoms. The number of hydrogen-bond donors (Lipinski definition) is 1. The Morgan fingerprint density at radius 1 is 1.13 bits per heavy atom. The lowest BCUT2D eigenvalue weighted by molar-refractivity contribution is 0.0612. The molecule has 0 radical (unpaired) electrons. The molecule has 2 aliphatic heterocycles. The molecule has 4 atom stereocenters. The third kappa shape index (κ3) is 4.25. The molecule has 2 aromatic heterocycles. The van der Waals surface area contributed by atoms with Gasteiger partial charge in [-0.2, -0.15) is 0 Å². The summed E-state index contributed by atoms with van der Waals surface area (Å²) < 4.78 is 18.9. The molecule has 1 aromatic carbocycles. The standard InChI is InChI=1S/C22H25N5O4/c1-26(10-15-6-3-2-4-7-15)11-16-12-27(25-24-16)18-14-31-20-17(13-30-21(18)20)23-22(28)19-8-5-9-29-19/h2-9,12,17-18,20-21H,10-11,13-14H2,1H3,(H,23,28). The van der Waals surface area contributed by atoms with Gasteiger partial charge in [-0.15, -0.1) is 5.10 Å². The van der Waals surface area contributed by atoms with Gasteiger partial charge in [-0.25, -0.2) is 4.68 Å². The van der Waals surface area contributed by atoms with E-state index in [1.807, 2.05) is 29.1 Å². The van der Waals surface area contributed by atoms with Gasteiger partial charge in [-0.3, -0.25) is 9.69 Å². The molecule has 0 saturated carbocycles. The lowest BCUT2D eigenvalue weighted by Crippen LogP contribution is -2.44. The van der Waals surface area contributed by atoms with Crippen molar-refractivity contribution < 1.29 is 18.7 Å². The predicted octanol–water partition coefficient (Wildman–Crippen LogP) is 1.64. The molecule has 2 saturated heterocycles. The number of nitrogens with one attached hydrogen (secondary N) is 1. The summed E-state index contributed by atoms with van der Waals surface area (Å²) in [6.07, 6.45) is 3.02. The van der Waals surface area contributed by atoms with E-state index in [2.05, 4.69) is 39.7 Å². The molecular formula is C22H25N5O4. The first kappa shape index (κ1) is 19.9. The number of hydrogen-bond acceptors (Lipinski definition) is 7. The Morgan fingerprint density at radius 2 is 1.97 bits per heavy atom. The average Bonchev–Trinajstić information content (AvgIpc) is 3.55. The van der Waals surface area contributed by atoms with E-state index in [1.165, 1.54) is 11.8 Å². The fourth-order valence-electron chi connectivity index (χ4n) is 4.25. The zero-order valence-electron chi connectivity index (χ0n) is 17.3. The number of amides is 1. The van der Waals surface area contributed by atoms with Gasteiger partial charge in [-0.05, 0) is 24.7 Å². The molecule has 1 N–H and O–H groups in total. The largest absolute Gasteiger partial charge is 0.459 e. The molecule has 9 nitrogen and oxygen atoms in total. The molecule has 5 rings (SSSR count). The normalized spacial score (nSPS) is 25.1. The summed E-state index contributed by atoms with van der Waals surface area (Å²) in [4.78, 5) is 14.5. The van der Waals surface area contributed by atoms with Crippen molar-refractivity contribution in [2.75, 3.05) is 20.3 Å². The van der Waals surface area contributed by atoms with Crippen molar-refractivity contribution in [3.63, 3.8) is 0 Å². The quantitative estimate of drug-likeness (QED) is 0.617. The second-order valence-corrected chi connectivity index (χ2v) is 8.07. The molecule has 9 heteroatoms. The smallest absolute Gasteiger partial charge is 0.287 e. The van der Waals surface area contributed by atoms with Crippen LogP contribution in [0.1, 0.15) is 27.9 Å². The zero-order valence-corrected chi connectivity index (χ0v) is 17.3. The minimum absolute atomic E-state index is 0.0730. The number of benzene rings is 1. The van der Waals surface area contributed by atoms with Crippen LogP contribution in [0.5, 0.6) is 0 Å². The lowest BCUT2D eigenvalue weighted by atomic mass is 10.1. The van der Waals surface area contributed by atoms with Crippen molar-refractivity contribution in [3.8, 4) is 0 Å². The fraction of sp³-hybridized carbons (Fsp3) is 0.409. The Labute approximate surface area is 179 Å². The number of carbonyl (C=O) groups excluding carboxylic acids is 1. The topological polar surface area (TPSA) is 94.7 Å². The number of carbonyl (C=O) groups is 1. The summed E-state index contributed by atoms with van der Waals surface area (Å²) >= 11 is 0. The van der Waals surface area contributed by atoms with Gasteiger partial charge >= 0.3 is 0 Å². The van der Waals surface area contributed by atoms with Gasteiger partial charge in [0, 0.05) is 13.1 Å². The van der Waals surface area contributed by atoms with Crippen LogP contribution in [0.4, 0.5) is 0 Å². The number of ether oxygens (including phenoxy) is 2. The Balaban J connectivity index is 1.18. The van der Waals surface area contributed by atoms with Crippen LogP contribution < -0.4 is 5.32 Å². The number of aromatic nitrogens is 3. The van der Waals surface area contributed by atoms with E-state index in [9.17, 15) is 4.79 Å². The van der Waals surface area contributed by atoms with E-state index in [-0.39, 0.29) is 36.0 Å². The van der Waals surface area contributed by atoms with E-state index < -0.39 is 0 Å². The summed E-state index contributed by atoms with van der Waals surface area (Å²) in [5.41, 5.74) is 2.15. The monoisotopic (exact) mass is 423 g/mol. The summed E-state index contributed by atoms with van der Waals surface area (Å²) in [6.45, 7) is 2.38. The highest BCUT2D eigenvalue weighted by molar-refractivity contribution is 5.91. The third-order valence-electron chi connectivity index (χ3n) is 5.71. The summed E-state index contributed by atoms with van der Waals surface area (Å²) in [5, 5.41) is 11.6. The van der Waals surface area contributed by atoms with E-state index in [0.29, 0.717) is 19.8 Å². The molecular weight excluding hydrogens is 398 g/mol. The van der Waals surface area contributed by atoms with Gasteiger partial charge in [0.05, 0.1) is 37.4 Å². The average molecular weight is 423 g/mol. The molecule has 1 amide bonds. The maximum absolute atomic E-state index is 12.3. The van der Waals surface area contributed by atoms with E-state index in [4.69, 9.17) is 13.9 Å². The van der Waals surface area contributed by atoms with Crippen molar-refractivity contribution in [2.24, 2.45) is 0 Å². The number of fused-ring (bicyclic) bond motifs is 1. The van der Waals surface area contributed by atoms with Gasteiger partial charge in [-0.1, -0.05) is 35.5 Å². The molecule has 0 bridgehead atoms. The number of furan rings is 1. The van der Waals surface area contributed by atoms with Crippen LogP contribution in [0, 0.1) is 0 Å². The second kappa shape index (κ2) is 8.62. The highest BCUT2D eigenvalue weighted by Gasteiger charge is 2.49. The first-order valence-electron chi connectivity index (χ1n) is 10.4. The molecule has 4 heterocycles. The van der Waals surface area contributed by atoms with Gasteiger partial charge in [0.25, 0.3) is 5.91 Å². The minimum atomic E-state index is -0.268. The van der Waals surface area contributed by atoms with Crippen LogP contribution in [0.25, 0.3) is 0 Å². The predicted molar refractivity (Wildman–Crippen MR) is 110 cm³/mol. The zero-order chi connectivity index (χ0) is 21.2. The highest BCUT2D eigenvalue weighted by atomic mass is 16.6. The second-order valence-electron chi connectivity index (χ2n) is 8.07. The van der Waals surface area contributed by atoms with Gasteiger partial charge in [0.2, 0.25) is 0 Å². The van der Waals surface area contributed by atoms with Crippen LogP contribution in [-0.2, 0) is 22.6 Å². The van der Waals surface area contributed by atoms with Gasteiger partial charge in [0.15, 0.2) is 5.76 Å². The maximum Gasteiger partial charge on any atom is 0.287 e. The van der Waals surface area contributed by atoms with Crippen LogP contribution in [-0.4, -0.2) is 64.3 Å². The van der Waals surface area contributed by atoms with Crippen molar-refractivity contribution in [3.05, 3.63) is 71.9 Å². The Bertz CT molecular complexity index is 1010. The van der Waals surface area contributed by atoms with Gasteiger partial charge < -0.3 is 19.2 Å². The molecule has 2 fully saturated rings. The maximum atomic E-state index is 12.3. The van der Waals surface area contributed by atoms with Crippen molar-refractivity contribution >= 4 is 5.91 Å². The number of rotatable bonds is 7. The SMILES string of the molecule is CN(Cc1ccccc1)Cc1cn(C2COC3C(NC(=O)c4ccco4)COC32)nn1. The third-order valence-corrected chi connectivity index (χ3v) is 5.71. The summed E-state index contributed by atoms with van der Waals surface area (Å²) in [7, 11) is 2.06. The van der Waals surface area contributed by atoms with Crippen LogP contribution in [0.15, 0.2) is 59.3 Å². The molecule has 162 valence electrons. The molecule has 3 aromatic rings. The van der Waals surface area contributed by atoms with Crippen molar-refractivity contribution in [1.82, 2.24) is 25.2 Å². The van der Waals surface area contributed by atoms with Gasteiger partial charge in [0.1, 0.15) is 18.2 Å². The highest BCUT2D eigenvalue weighted by Crippen LogP contribution is 2.34. The molecule has 2 aliphatic rings. The molecule has 0 spiro atoms. The van der Waals surface area contributed by atoms with Crippen molar-refractivity contribution in [1.29, 1.82) is 0 Å². The lowest BCUT2D eigenvalue weighted by Gasteiger charge is -2.17. The van der Waals surface area contributed by atoms with Crippen molar-refractivity contribution in [2.45, 2.75) is 37.4 Å². The molecule has 0 aliphatic carbocycles. The van der Waals surface area contributed by atoms with E-state index >= 15 is 0 Å². The Kier molecular flexibility index (Phi) is 5.54. The minimum Gasteiger partial charge on any atom is -0.459 e. The number of nitrogens with zero attached hydrogens (tertiary/aromatic N) is 4. The Hall–Kier alpha value is -3.01. The Morgan fingerprint density at radius 3 is 2.77 bits per heavy atom. The van der Waals surface area contributed by atoms with Crippen LogP contribution in [0.3, 0.4) is 0 Å². The summed E-state index contributed by atoms with van der Waals surface area (Å²) in [5.74, 6) is 0.00864. The fourth-order valence-corrected chi connectivity index (χ4v) is 4.25. The van der Waals surface area contributed by atoms with Crippen LogP contribution >= 0.6 is 0 Å². The van der Waals surface area contributed by atoms with E-state index in [1.54, 1.807) is 12.1 Å². The summed E-state index contributed by atoms with van der Waals surface area (Å²) in [6, 6.07) is 13.3. The van der Waals surface area contributed by atoms with Crippen LogP contribution in [0.2, 0.25) is 0 Å². The first-order chi connectivity index (χ1) is 15.2. The van der Waals surface area contributed by atoms with E-state index in [0.717, 1.165) is 12.2 Å².